The average molecular weight is 303 g/mol. The summed E-state index contributed by atoms with van der Waals surface area (Å²) in [6.07, 6.45) is 6.22. The van der Waals surface area contributed by atoms with E-state index in [-0.39, 0.29) is 11.8 Å². The fraction of sp³-hybridized carbons (Fsp3) is 1.00. The summed E-state index contributed by atoms with van der Waals surface area (Å²) in [4.78, 5) is 2.27. The average Bonchev–Trinajstić information content (AvgIpc) is 2.46. The normalized spacial score (nSPS) is 27.1. The van der Waals surface area contributed by atoms with E-state index in [1.54, 1.807) is 11.4 Å². The minimum Gasteiger partial charge on any atom is -0.314 e. The lowest BCUT2D eigenvalue weighted by Gasteiger charge is -2.34. The van der Waals surface area contributed by atoms with Crippen LogP contribution in [-0.4, -0.2) is 69.2 Å². The Kier molecular flexibility index (Phi) is 5.84. The third-order valence-electron chi connectivity index (χ3n) is 4.78. The van der Waals surface area contributed by atoms with Crippen LogP contribution in [-0.2, 0) is 10.0 Å². The maximum absolute atomic E-state index is 12.4. The Morgan fingerprint density at radius 2 is 1.90 bits per heavy atom. The summed E-state index contributed by atoms with van der Waals surface area (Å²) >= 11 is 0. The highest BCUT2D eigenvalue weighted by atomic mass is 32.2. The highest BCUT2D eigenvalue weighted by molar-refractivity contribution is 7.89. The van der Waals surface area contributed by atoms with Gasteiger partial charge in [0.05, 0.1) is 5.75 Å². The maximum Gasteiger partial charge on any atom is 0.214 e. The number of hydrogen-bond acceptors (Lipinski definition) is 4. The zero-order valence-corrected chi connectivity index (χ0v) is 13.7. The first-order valence-corrected chi connectivity index (χ1v) is 9.47. The Labute approximate surface area is 123 Å². The number of hydrogen-bond donors (Lipinski definition) is 1. The molecule has 0 aromatic carbocycles. The van der Waals surface area contributed by atoms with Crippen LogP contribution in [0.15, 0.2) is 0 Å². The van der Waals surface area contributed by atoms with Crippen LogP contribution in [0.2, 0.25) is 0 Å². The summed E-state index contributed by atoms with van der Waals surface area (Å²) < 4.78 is 26.5. The van der Waals surface area contributed by atoms with Crippen molar-refractivity contribution in [1.29, 1.82) is 0 Å². The Hall–Kier alpha value is -0.170. The van der Waals surface area contributed by atoms with Crippen LogP contribution < -0.4 is 5.32 Å². The molecule has 2 aliphatic heterocycles. The summed E-state index contributed by atoms with van der Waals surface area (Å²) in [6.45, 7) is 3.03. The first-order valence-electron chi connectivity index (χ1n) is 7.86. The molecule has 2 aliphatic rings. The van der Waals surface area contributed by atoms with Gasteiger partial charge in [0.1, 0.15) is 0 Å². The number of piperidine rings is 2. The van der Waals surface area contributed by atoms with Gasteiger partial charge < -0.3 is 10.2 Å². The lowest BCUT2D eigenvalue weighted by molar-refractivity contribution is 0.197. The van der Waals surface area contributed by atoms with Crippen molar-refractivity contribution in [2.24, 2.45) is 0 Å². The van der Waals surface area contributed by atoms with E-state index in [1.807, 2.05) is 0 Å². The Balaban J connectivity index is 1.82. The van der Waals surface area contributed by atoms with Crippen LogP contribution in [0.1, 0.15) is 38.5 Å². The van der Waals surface area contributed by atoms with Crippen LogP contribution >= 0.6 is 0 Å². The molecule has 0 aliphatic carbocycles. The Morgan fingerprint density at radius 1 is 1.20 bits per heavy atom. The molecule has 1 atom stereocenters. The molecular formula is C14H29N3O2S. The highest BCUT2D eigenvalue weighted by Crippen LogP contribution is 2.19. The second kappa shape index (κ2) is 7.20. The van der Waals surface area contributed by atoms with E-state index in [0.717, 1.165) is 45.3 Å². The van der Waals surface area contributed by atoms with Gasteiger partial charge in [-0.25, -0.2) is 12.7 Å². The monoisotopic (exact) mass is 303 g/mol. The topological polar surface area (TPSA) is 52.7 Å². The molecule has 118 valence electrons. The van der Waals surface area contributed by atoms with Gasteiger partial charge in [0.25, 0.3) is 0 Å². The van der Waals surface area contributed by atoms with Gasteiger partial charge in [0, 0.05) is 19.1 Å². The van der Waals surface area contributed by atoms with Gasteiger partial charge in [0.15, 0.2) is 0 Å². The van der Waals surface area contributed by atoms with Crippen LogP contribution in [0.25, 0.3) is 0 Å². The van der Waals surface area contributed by atoms with Crippen molar-refractivity contribution in [3.8, 4) is 0 Å². The van der Waals surface area contributed by atoms with E-state index < -0.39 is 10.0 Å². The van der Waals surface area contributed by atoms with Crippen LogP contribution in [0.4, 0.5) is 0 Å². The maximum atomic E-state index is 12.4. The SMILES string of the molecule is CN1CCC(N(C)S(=O)(=O)CCC2CCCCN2)CC1. The molecule has 0 saturated carbocycles. The molecule has 0 aromatic heterocycles. The lowest BCUT2D eigenvalue weighted by atomic mass is 10.0. The predicted octanol–water partition coefficient (Wildman–Crippen LogP) is 0.874. The summed E-state index contributed by atoms with van der Waals surface area (Å²) in [5, 5.41) is 3.43. The van der Waals surface area contributed by atoms with Gasteiger partial charge in [-0.2, -0.15) is 0 Å². The van der Waals surface area contributed by atoms with Crippen molar-refractivity contribution in [3.05, 3.63) is 0 Å². The second-order valence-corrected chi connectivity index (χ2v) is 8.45. The highest BCUT2D eigenvalue weighted by Gasteiger charge is 2.29. The van der Waals surface area contributed by atoms with E-state index in [0.29, 0.717) is 6.04 Å². The molecule has 2 heterocycles. The largest absolute Gasteiger partial charge is 0.314 e. The van der Waals surface area contributed by atoms with Crippen molar-refractivity contribution in [2.45, 2.75) is 50.6 Å². The zero-order chi connectivity index (χ0) is 14.6. The third-order valence-corrected chi connectivity index (χ3v) is 6.71. The molecule has 0 bridgehead atoms. The molecule has 5 nitrogen and oxygen atoms in total. The predicted molar refractivity (Wildman–Crippen MR) is 82.3 cm³/mol. The van der Waals surface area contributed by atoms with Crippen molar-refractivity contribution in [2.75, 3.05) is 39.5 Å². The van der Waals surface area contributed by atoms with Crippen molar-refractivity contribution >= 4 is 10.0 Å². The number of rotatable bonds is 5. The zero-order valence-electron chi connectivity index (χ0n) is 12.8. The number of nitrogens with one attached hydrogen (secondary N) is 1. The van der Waals surface area contributed by atoms with Gasteiger partial charge in [-0.15, -0.1) is 0 Å². The first kappa shape index (κ1) is 16.2. The molecule has 1 N–H and O–H groups in total. The molecule has 0 radical (unpaired) electrons. The van der Waals surface area contributed by atoms with Gasteiger partial charge in [-0.1, -0.05) is 6.42 Å². The number of sulfonamides is 1. The van der Waals surface area contributed by atoms with E-state index in [9.17, 15) is 8.42 Å². The summed E-state index contributed by atoms with van der Waals surface area (Å²) in [6, 6.07) is 0.583. The van der Waals surface area contributed by atoms with Gasteiger partial charge in [-0.3, -0.25) is 0 Å². The number of nitrogens with zero attached hydrogens (tertiary/aromatic N) is 2. The minimum atomic E-state index is -3.10. The molecule has 2 saturated heterocycles. The number of likely N-dealkylation sites (tertiary alicyclic amines) is 1. The summed E-state index contributed by atoms with van der Waals surface area (Å²) in [5.41, 5.74) is 0. The molecule has 0 spiro atoms. The van der Waals surface area contributed by atoms with Crippen molar-refractivity contribution in [1.82, 2.24) is 14.5 Å². The molecular weight excluding hydrogens is 274 g/mol. The van der Waals surface area contributed by atoms with E-state index in [1.165, 1.54) is 12.8 Å². The van der Waals surface area contributed by atoms with E-state index >= 15 is 0 Å². The van der Waals surface area contributed by atoms with Crippen LogP contribution in [0, 0.1) is 0 Å². The Bertz CT molecular complexity index is 385. The fourth-order valence-electron chi connectivity index (χ4n) is 3.19. The first-order chi connectivity index (χ1) is 9.49. The third kappa shape index (κ3) is 4.41. The molecule has 2 fully saturated rings. The van der Waals surface area contributed by atoms with Crippen molar-refractivity contribution in [3.63, 3.8) is 0 Å². The van der Waals surface area contributed by atoms with Crippen LogP contribution in [0.3, 0.4) is 0 Å². The Morgan fingerprint density at radius 3 is 2.50 bits per heavy atom. The van der Waals surface area contributed by atoms with Crippen molar-refractivity contribution < 1.29 is 8.42 Å². The van der Waals surface area contributed by atoms with E-state index in [2.05, 4.69) is 17.3 Å². The molecule has 0 aromatic rings. The van der Waals surface area contributed by atoms with Gasteiger partial charge >= 0.3 is 0 Å². The minimum absolute atomic E-state index is 0.190. The van der Waals surface area contributed by atoms with Crippen LogP contribution in [0.5, 0.6) is 0 Å². The quantitative estimate of drug-likeness (QED) is 0.819. The molecule has 1 unspecified atom stereocenters. The van der Waals surface area contributed by atoms with E-state index in [4.69, 9.17) is 0 Å². The summed E-state index contributed by atoms with van der Waals surface area (Å²) in [5.74, 6) is 0.285. The molecule has 0 amide bonds. The summed E-state index contributed by atoms with van der Waals surface area (Å²) in [7, 11) is 0.758. The van der Waals surface area contributed by atoms with Gasteiger partial charge in [0.2, 0.25) is 10.0 Å². The molecule has 6 heteroatoms. The molecule has 2 rings (SSSR count). The lowest BCUT2D eigenvalue weighted by Crippen LogP contribution is -2.46. The van der Waals surface area contributed by atoms with Gasteiger partial charge in [-0.05, 0) is 58.8 Å². The smallest absolute Gasteiger partial charge is 0.214 e. The standard InChI is InChI=1S/C14H29N3O2S/c1-16-10-6-14(7-11-16)17(2)20(18,19)12-8-13-5-3-4-9-15-13/h13-15H,3-12H2,1-2H3. The fourth-order valence-corrected chi connectivity index (χ4v) is 4.73. The second-order valence-electron chi connectivity index (χ2n) is 6.30. The molecule has 20 heavy (non-hydrogen) atoms.